The van der Waals surface area contributed by atoms with Gasteiger partial charge in [0.15, 0.2) is 0 Å². The van der Waals surface area contributed by atoms with Gasteiger partial charge in [-0.2, -0.15) is 5.26 Å². The van der Waals surface area contributed by atoms with Crippen molar-refractivity contribution in [1.82, 2.24) is 10.3 Å². The van der Waals surface area contributed by atoms with E-state index in [2.05, 4.69) is 10.3 Å². The molecule has 1 rings (SSSR count). The van der Waals surface area contributed by atoms with E-state index in [1.807, 2.05) is 19.9 Å². The molecular formula is C11H13N3O2. The van der Waals surface area contributed by atoms with Crippen molar-refractivity contribution in [3.8, 4) is 6.07 Å². The van der Waals surface area contributed by atoms with Crippen LogP contribution in [0.4, 0.5) is 0 Å². The number of hydrogen-bond donors (Lipinski definition) is 2. The molecule has 0 saturated heterocycles. The fourth-order valence-electron chi connectivity index (χ4n) is 1.16. The number of carbonyl (C=O) groups is 1. The van der Waals surface area contributed by atoms with Crippen molar-refractivity contribution in [3.05, 3.63) is 34.2 Å². The third kappa shape index (κ3) is 2.95. The lowest BCUT2D eigenvalue weighted by Crippen LogP contribution is -2.37. The number of nitriles is 1. The van der Waals surface area contributed by atoms with Gasteiger partial charge in [0.1, 0.15) is 6.04 Å². The summed E-state index contributed by atoms with van der Waals surface area (Å²) < 4.78 is 0. The molecule has 1 amide bonds. The van der Waals surface area contributed by atoms with Gasteiger partial charge in [-0.15, -0.1) is 0 Å². The number of amides is 1. The van der Waals surface area contributed by atoms with E-state index in [4.69, 9.17) is 5.26 Å². The molecule has 0 aliphatic rings. The number of carbonyl (C=O) groups excluding carboxylic acids is 1. The summed E-state index contributed by atoms with van der Waals surface area (Å²) in [5.74, 6) is -0.387. The van der Waals surface area contributed by atoms with E-state index >= 15 is 0 Å². The lowest BCUT2D eigenvalue weighted by molar-refractivity contribution is 0.0937. The number of H-pyrrole nitrogens is 1. The zero-order valence-corrected chi connectivity index (χ0v) is 9.15. The molecule has 84 valence electrons. The molecule has 1 heterocycles. The van der Waals surface area contributed by atoms with Crippen LogP contribution in [0, 0.1) is 17.2 Å². The number of nitrogens with zero attached hydrogens (tertiary/aromatic N) is 1. The molecule has 0 saturated carbocycles. The highest BCUT2D eigenvalue weighted by Gasteiger charge is 2.16. The Morgan fingerprint density at radius 1 is 1.56 bits per heavy atom. The van der Waals surface area contributed by atoms with Gasteiger partial charge in [0.05, 0.1) is 6.07 Å². The van der Waals surface area contributed by atoms with Crippen molar-refractivity contribution in [3.63, 3.8) is 0 Å². The first-order valence-corrected chi connectivity index (χ1v) is 4.94. The third-order valence-electron chi connectivity index (χ3n) is 2.13. The summed E-state index contributed by atoms with van der Waals surface area (Å²) in [5, 5.41) is 11.4. The minimum atomic E-state index is -0.549. The van der Waals surface area contributed by atoms with Gasteiger partial charge in [-0.1, -0.05) is 13.8 Å². The Kier molecular flexibility index (Phi) is 3.84. The summed E-state index contributed by atoms with van der Waals surface area (Å²) in [6, 6.07) is 4.14. The van der Waals surface area contributed by atoms with Gasteiger partial charge in [0, 0.05) is 17.8 Å². The van der Waals surface area contributed by atoms with Crippen LogP contribution in [-0.4, -0.2) is 16.9 Å². The van der Waals surface area contributed by atoms with Crippen LogP contribution in [0.5, 0.6) is 0 Å². The fraction of sp³-hybridized carbons (Fsp3) is 0.364. The van der Waals surface area contributed by atoms with Gasteiger partial charge < -0.3 is 10.3 Å². The van der Waals surface area contributed by atoms with Crippen LogP contribution >= 0.6 is 0 Å². The van der Waals surface area contributed by atoms with Crippen LogP contribution in [0.15, 0.2) is 23.1 Å². The highest BCUT2D eigenvalue weighted by Crippen LogP contribution is 2.02. The maximum Gasteiger partial charge on any atom is 0.252 e. The van der Waals surface area contributed by atoms with Crippen molar-refractivity contribution in [2.24, 2.45) is 5.92 Å². The molecule has 0 aliphatic carbocycles. The summed E-state index contributed by atoms with van der Waals surface area (Å²) in [6.45, 7) is 3.68. The van der Waals surface area contributed by atoms with Gasteiger partial charge in [0.2, 0.25) is 5.56 Å². The van der Waals surface area contributed by atoms with Gasteiger partial charge >= 0.3 is 0 Å². The fourth-order valence-corrected chi connectivity index (χ4v) is 1.16. The molecule has 2 N–H and O–H groups in total. The van der Waals surface area contributed by atoms with Crippen LogP contribution in [0.2, 0.25) is 0 Å². The summed E-state index contributed by atoms with van der Waals surface area (Å²) in [4.78, 5) is 25.1. The van der Waals surface area contributed by atoms with E-state index in [1.54, 1.807) is 0 Å². The number of rotatable bonds is 3. The van der Waals surface area contributed by atoms with Crippen molar-refractivity contribution in [1.29, 1.82) is 5.26 Å². The molecule has 0 radical (unpaired) electrons. The Balaban J connectivity index is 2.81. The molecular weight excluding hydrogens is 206 g/mol. The smallest absolute Gasteiger partial charge is 0.252 e. The number of hydrogen-bond acceptors (Lipinski definition) is 3. The van der Waals surface area contributed by atoms with E-state index in [0.29, 0.717) is 0 Å². The van der Waals surface area contributed by atoms with Gasteiger partial charge in [0.25, 0.3) is 5.91 Å². The summed E-state index contributed by atoms with van der Waals surface area (Å²) in [5.41, 5.74) is -0.0876. The molecule has 0 bridgehead atoms. The summed E-state index contributed by atoms with van der Waals surface area (Å²) in [6.07, 6.45) is 1.40. The predicted molar refractivity (Wildman–Crippen MR) is 58.8 cm³/mol. The molecule has 1 aromatic heterocycles. The van der Waals surface area contributed by atoms with Gasteiger partial charge in [-0.3, -0.25) is 9.59 Å². The third-order valence-corrected chi connectivity index (χ3v) is 2.13. The Bertz CT molecular complexity index is 471. The van der Waals surface area contributed by atoms with E-state index < -0.39 is 11.9 Å². The number of aromatic nitrogens is 1. The molecule has 5 nitrogen and oxygen atoms in total. The Morgan fingerprint density at radius 3 is 2.75 bits per heavy atom. The number of aromatic amines is 1. The molecule has 0 aromatic carbocycles. The Hall–Kier alpha value is -2.09. The van der Waals surface area contributed by atoms with Gasteiger partial charge in [-0.05, 0) is 12.0 Å². The van der Waals surface area contributed by atoms with E-state index in [0.717, 1.165) is 0 Å². The van der Waals surface area contributed by atoms with Crippen LogP contribution in [0.25, 0.3) is 0 Å². The molecule has 0 aliphatic heterocycles. The lowest BCUT2D eigenvalue weighted by Gasteiger charge is -2.14. The molecule has 0 spiro atoms. The molecule has 5 heteroatoms. The molecule has 16 heavy (non-hydrogen) atoms. The van der Waals surface area contributed by atoms with Crippen molar-refractivity contribution >= 4 is 5.91 Å². The first-order chi connectivity index (χ1) is 7.54. The average Bonchev–Trinajstić information content (AvgIpc) is 2.25. The van der Waals surface area contributed by atoms with Crippen molar-refractivity contribution in [2.75, 3.05) is 0 Å². The highest BCUT2D eigenvalue weighted by molar-refractivity contribution is 5.94. The quantitative estimate of drug-likeness (QED) is 0.782. The standard InChI is InChI=1S/C11H13N3O2/c1-7(2)9(6-12)14-11(16)8-3-4-13-10(15)5-8/h3-5,7,9H,1-2H3,(H,13,15)(H,14,16). The molecule has 1 unspecified atom stereocenters. The van der Waals surface area contributed by atoms with Crippen molar-refractivity contribution < 1.29 is 4.79 Å². The van der Waals surface area contributed by atoms with Crippen LogP contribution < -0.4 is 10.9 Å². The largest absolute Gasteiger partial charge is 0.336 e. The first kappa shape index (κ1) is 12.0. The molecule has 1 atom stereocenters. The summed E-state index contributed by atoms with van der Waals surface area (Å²) in [7, 11) is 0. The predicted octanol–water partition coefficient (Wildman–Crippen LogP) is 0.653. The van der Waals surface area contributed by atoms with Crippen LogP contribution in [0.3, 0.4) is 0 Å². The molecule has 0 fully saturated rings. The second-order valence-corrected chi connectivity index (χ2v) is 3.77. The zero-order chi connectivity index (χ0) is 12.1. The number of pyridine rings is 1. The maximum atomic E-state index is 11.7. The molecule has 1 aromatic rings. The highest BCUT2D eigenvalue weighted by atomic mass is 16.2. The zero-order valence-electron chi connectivity index (χ0n) is 9.15. The van der Waals surface area contributed by atoms with E-state index in [-0.39, 0.29) is 17.0 Å². The van der Waals surface area contributed by atoms with E-state index in [1.165, 1.54) is 18.3 Å². The lowest BCUT2D eigenvalue weighted by atomic mass is 10.1. The normalized spacial score (nSPS) is 11.9. The van der Waals surface area contributed by atoms with Crippen LogP contribution in [0.1, 0.15) is 24.2 Å². The van der Waals surface area contributed by atoms with Crippen molar-refractivity contribution in [2.45, 2.75) is 19.9 Å². The minimum absolute atomic E-state index is 0.0240. The Labute approximate surface area is 93.1 Å². The maximum absolute atomic E-state index is 11.7. The van der Waals surface area contributed by atoms with Crippen LogP contribution in [-0.2, 0) is 0 Å². The van der Waals surface area contributed by atoms with Gasteiger partial charge in [-0.25, -0.2) is 0 Å². The topological polar surface area (TPSA) is 85.8 Å². The average molecular weight is 219 g/mol. The monoisotopic (exact) mass is 219 g/mol. The SMILES string of the molecule is CC(C)C(C#N)NC(=O)c1cc[nH]c(=O)c1. The summed E-state index contributed by atoms with van der Waals surface area (Å²) >= 11 is 0. The van der Waals surface area contributed by atoms with E-state index in [9.17, 15) is 9.59 Å². The minimum Gasteiger partial charge on any atom is -0.336 e. The second kappa shape index (κ2) is 5.12. The Morgan fingerprint density at radius 2 is 2.25 bits per heavy atom. The second-order valence-electron chi connectivity index (χ2n) is 3.77. The number of nitrogens with one attached hydrogen (secondary N) is 2. The first-order valence-electron chi connectivity index (χ1n) is 4.94.